The minimum absolute atomic E-state index is 0.421. The number of rotatable bonds is 6. The fourth-order valence-corrected chi connectivity index (χ4v) is 2.44. The molecule has 2 aromatic carbocycles. The molecule has 0 aliphatic heterocycles. The molecule has 0 amide bonds. The van der Waals surface area contributed by atoms with Crippen LogP contribution in [0.15, 0.2) is 42.5 Å². The lowest BCUT2D eigenvalue weighted by Crippen LogP contribution is -2.19. The molecule has 3 N–H and O–H groups in total. The predicted octanol–water partition coefficient (Wildman–Crippen LogP) is 4.76. The molecule has 0 saturated carbocycles. The fraction of sp³-hybridized carbons (Fsp3) is 0.333. The van der Waals surface area contributed by atoms with E-state index in [9.17, 15) is 5.11 Å². The molecular weight excluding hydrogens is 333 g/mol. The highest BCUT2D eigenvalue weighted by molar-refractivity contribution is 6.42. The number of benzene rings is 2. The largest absolute Gasteiger partial charge is 0.493 e. The number of aliphatic hydroxyl groups is 1. The van der Waals surface area contributed by atoms with E-state index in [1.807, 2.05) is 24.3 Å². The van der Waals surface area contributed by atoms with Gasteiger partial charge in [-0.1, -0.05) is 55.2 Å². The van der Waals surface area contributed by atoms with E-state index in [1.165, 1.54) is 0 Å². The van der Waals surface area contributed by atoms with Crippen molar-refractivity contribution in [2.24, 2.45) is 11.7 Å². The Labute approximate surface area is 147 Å². The van der Waals surface area contributed by atoms with Crippen LogP contribution < -0.4 is 10.5 Å². The average Bonchev–Trinajstić information content (AvgIpc) is 2.54. The summed E-state index contributed by atoms with van der Waals surface area (Å²) in [6, 6.07) is 11.8. The second-order valence-electron chi connectivity index (χ2n) is 5.92. The van der Waals surface area contributed by atoms with E-state index < -0.39 is 12.1 Å². The lowest BCUT2D eigenvalue weighted by molar-refractivity contribution is 0.147. The minimum atomic E-state index is -0.841. The third-order valence-electron chi connectivity index (χ3n) is 3.47. The normalized spacial score (nSPS) is 13.9. The van der Waals surface area contributed by atoms with Gasteiger partial charge in [-0.15, -0.1) is 0 Å². The Balaban J connectivity index is 2.09. The van der Waals surface area contributed by atoms with E-state index >= 15 is 0 Å². The molecule has 0 heterocycles. The van der Waals surface area contributed by atoms with Gasteiger partial charge in [0.1, 0.15) is 5.75 Å². The zero-order valence-electron chi connectivity index (χ0n) is 13.2. The third-order valence-corrected chi connectivity index (χ3v) is 4.21. The van der Waals surface area contributed by atoms with Crippen LogP contribution in [0.2, 0.25) is 10.0 Å². The molecule has 0 fully saturated rings. The molecule has 2 atom stereocenters. The Hall–Kier alpha value is -1.26. The maximum atomic E-state index is 10.5. The van der Waals surface area contributed by atoms with E-state index in [4.69, 9.17) is 33.7 Å². The first-order chi connectivity index (χ1) is 10.9. The summed E-state index contributed by atoms with van der Waals surface area (Å²) in [6.07, 6.45) is -0.841. The van der Waals surface area contributed by atoms with Gasteiger partial charge in [-0.3, -0.25) is 0 Å². The smallest absolute Gasteiger partial charge is 0.119 e. The van der Waals surface area contributed by atoms with Gasteiger partial charge in [-0.05, 0) is 41.3 Å². The van der Waals surface area contributed by atoms with Gasteiger partial charge >= 0.3 is 0 Å². The molecule has 0 saturated heterocycles. The molecule has 0 aromatic heterocycles. The standard InChI is InChI=1S/C18H21Cl2NO2/c1-11(2)10-23-14-6-3-12(4-7-14)18(22)17(21)13-5-8-15(19)16(20)9-13/h3-9,11,17-18,22H,10,21H2,1-2H3/t17-,18+/m0/s1. The zero-order chi connectivity index (χ0) is 17.0. The first-order valence-corrected chi connectivity index (χ1v) is 8.25. The highest BCUT2D eigenvalue weighted by atomic mass is 35.5. The molecule has 23 heavy (non-hydrogen) atoms. The molecular formula is C18H21Cl2NO2. The maximum absolute atomic E-state index is 10.5. The number of aliphatic hydroxyl groups excluding tert-OH is 1. The Morgan fingerprint density at radius 2 is 1.61 bits per heavy atom. The summed E-state index contributed by atoms with van der Waals surface area (Å²) in [7, 11) is 0. The topological polar surface area (TPSA) is 55.5 Å². The molecule has 0 radical (unpaired) electrons. The second-order valence-corrected chi connectivity index (χ2v) is 6.73. The monoisotopic (exact) mass is 353 g/mol. The summed E-state index contributed by atoms with van der Waals surface area (Å²) >= 11 is 11.9. The van der Waals surface area contributed by atoms with Crippen LogP contribution in [0.3, 0.4) is 0 Å². The molecule has 5 heteroatoms. The summed E-state index contributed by atoms with van der Waals surface area (Å²) < 4.78 is 5.63. The van der Waals surface area contributed by atoms with Crippen molar-refractivity contribution in [3.05, 3.63) is 63.6 Å². The highest BCUT2D eigenvalue weighted by Gasteiger charge is 2.19. The van der Waals surface area contributed by atoms with Crippen molar-refractivity contribution >= 4 is 23.2 Å². The van der Waals surface area contributed by atoms with Gasteiger partial charge in [-0.25, -0.2) is 0 Å². The van der Waals surface area contributed by atoms with Gasteiger partial charge in [0.05, 0.1) is 28.8 Å². The summed E-state index contributed by atoms with van der Waals surface area (Å²) in [5, 5.41) is 11.4. The minimum Gasteiger partial charge on any atom is -0.493 e. The predicted molar refractivity (Wildman–Crippen MR) is 95.1 cm³/mol. The van der Waals surface area contributed by atoms with Crippen molar-refractivity contribution in [1.29, 1.82) is 0 Å². The first-order valence-electron chi connectivity index (χ1n) is 7.50. The van der Waals surface area contributed by atoms with Crippen molar-refractivity contribution < 1.29 is 9.84 Å². The van der Waals surface area contributed by atoms with Crippen LogP contribution >= 0.6 is 23.2 Å². The molecule has 0 spiro atoms. The average molecular weight is 354 g/mol. The van der Waals surface area contributed by atoms with Crippen LogP contribution in [0.1, 0.15) is 37.1 Å². The molecule has 0 bridgehead atoms. The molecule has 2 aromatic rings. The van der Waals surface area contributed by atoms with E-state index in [1.54, 1.807) is 18.2 Å². The van der Waals surface area contributed by atoms with Crippen LogP contribution in [0.25, 0.3) is 0 Å². The van der Waals surface area contributed by atoms with Gasteiger partial charge in [-0.2, -0.15) is 0 Å². The van der Waals surface area contributed by atoms with E-state index in [0.29, 0.717) is 22.6 Å². The number of halogens is 2. The van der Waals surface area contributed by atoms with Gasteiger partial charge in [0, 0.05) is 0 Å². The van der Waals surface area contributed by atoms with Crippen molar-refractivity contribution in [2.75, 3.05) is 6.61 Å². The van der Waals surface area contributed by atoms with Gasteiger partial charge in [0.25, 0.3) is 0 Å². The summed E-state index contributed by atoms with van der Waals surface area (Å²) in [5.41, 5.74) is 7.59. The molecule has 124 valence electrons. The lowest BCUT2D eigenvalue weighted by Gasteiger charge is -2.20. The highest BCUT2D eigenvalue weighted by Crippen LogP contribution is 2.31. The van der Waals surface area contributed by atoms with E-state index in [-0.39, 0.29) is 0 Å². The molecule has 0 aliphatic rings. The van der Waals surface area contributed by atoms with Crippen molar-refractivity contribution in [2.45, 2.75) is 26.0 Å². The van der Waals surface area contributed by atoms with Gasteiger partial charge in [0.2, 0.25) is 0 Å². The SMILES string of the molecule is CC(C)COc1ccc([C@@H](O)[C@@H](N)c2ccc(Cl)c(Cl)c2)cc1. The number of nitrogens with two attached hydrogens (primary N) is 1. The fourth-order valence-electron chi connectivity index (χ4n) is 2.13. The third kappa shape index (κ3) is 4.85. The van der Waals surface area contributed by atoms with Gasteiger partial charge in [0.15, 0.2) is 0 Å². The second kappa shape index (κ2) is 8.02. The Morgan fingerprint density at radius 1 is 1.00 bits per heavy atom. The van der Waals surface area contributed by atoms with Crippen LogP contribution in [0.4, 0.5) is 0 Å². The summed E-state index contributed by atoms with van der Waals surface area (Å²) in [5.74, 6) is 1.24. The Bertz CT molecular complexity index is 644. The van der Waals surface area contributed by atoms with Crippen molar-refractivity contribution in [3.8, 4) is 5.75 Å². The number of hydrogen-bond donors (Lipinski definition) is 2. The molecule has 0 unspecified atom stereocenters. The lowest BCUT2D eigenvalue weighted by atomic mass is 9.96. The van der Waals surface area contributed by atoms with Crippen LogP contribution in [-0.2, 0) is 0 Å². The van der Waals surface area contributed by atoms with Crippen molar-refractivity contribution in [3.63, 3.8) is 0 Å². The number of hydrogen-bond acceptors (Lipinski definition) is 3. The van der Waals surface area contributed by atoms with Crippen LogP contribution in [-0.4, -0.2) is 11.7 Å². The Kier molecular flexibility index (Phi) is 6.31. The summed E-state index contributed by atoms with van der Waals surface area (Å²) in [6.45, 7) is 4.84. The molecule has 0 aliphatic carbocycles. The van der Waals surface area contributed by atoms with Crippen molar-refractivity contribution in [1.82, 2.24) is 0 Å². The Morgan fingerprint density at radius 3 is 2.17 bits per heavy atom. The quantitative estimate of drug-likeness (QED) is 0.786. The first kappa shape index (κ1) is 18.1. The molecule has 2 rings (SSSR count). The van der Waals surface area contributed by atoms with Crippen LogP contribution in [0.5, 0.6) is 5.75 Å². The maximum Gasteiger partial charge on any atom is 0.119 e. The molecule has 3 nitrogen and oxygen atoms in total. The summed E-state index contributed by atoms with van der Waals surface area (Å²) in [4.78, 5) is 0. The van der Waals surface area contributed by atoms with Gasteiger partial charge < -0.3 is 15.6 Å². The zero-order valence-corrected chi connectivity index (χ0v) is 14.7. The van der Waals surface area contributed by atoms with Crippen LogP contribution in [0, 0.1) is 5.92 Å². The van der Waals surface area contributed by atoms with E-state index in [2.05, 4.69) is 13.8 Å². The number of ether oxygens (including phenoxy) is 1. The van der Waals surface area contributed by atoms with E-state index in [0.717, 1.165) is 16.9 Å².